The molecule has 0 aliphatic heterocycles. The van der Waals surface area contributed by atoms with E-state index >= 15 is 0 Å². The van der Waals surface area contributed by atoms with E-state index in [0.717, 1.165) is 13.0 Å². The van der Waals surface area contributed by atoms with E-state index in [9.17, 15) is 13.2 Å². The van der Waals surface area contributed by atoms with Crippen molar-refractivity contribution < 1.29 is 13.2 Å². The van der Waals surface area contributed by atoms with Crippen LogP contribution in [0.3, 0.4) is 0 Å². The molecule has 0 amide bonds. The molecule has 0 saturated heterocycles. The van der Waals surface area contributed by atoms with Gasteiger partial charge in [0.25, 0.3) is 0 Å². The molecule has 0 aliphatic carbocycles. The smallest absolute Gasteiger partial charge is 0.313 e. The second-order valence-electron chi connectivity index (χ2n) is 4.47. The Morgan fingerprint density at radius 1 is 1.25 bits per heavy atom. The van der Waals surface area contributed by atoms with E-state index in [1.54, 1.807) is 11.9 Å². The fourth-order valence-electron chi connectivity index (χ4n) is 1.47. The number of halogens is 3. The number of nitrogens with one attached hydrogen (secondary N) is 1. The van der Waals surface area contributed by atoms with Crippen LogP contribution in [-0.2, 0) is 0 Å². The van der Waals surface area contributed by atoms with Crippen LogP contribution in [0.1, 0.15) is 33.6 Å². The van der Waals surface area contributed by atoms with Crippen LogP contribution in [0.2, 0.25) is 0 Å². The minimum absolute atomic E-state index is 0.0712. The van der Waals surface area contributed by atoms with Gasteiger partial charge in [-0.3, -0.25) is 0 Å². The first-order valence-electron chi connectivity index (χ1n) is 5.76. The molecule has 2 nitrogen and oxygen atoms in total. The van der Waals surface area contributed by atoms with E-state index in [0.29, 0.717) is 6.04 Å². The molecule has 1 atom stereocenters. The maximum atomic E-state index is 12.1. The molecule has 0 aromatic heterocycles. The minimum Gasteiger partial charge on any atom is -0.313 e. The van der Waals surface area contributed by atoms with Gasteiger partial charge in [-0.1, -0.05) is 20.8 Å². The van der Waals surface area contributed by atoms with Gasteiger partial charge in [-0.25, -0.2) is 0 Å². The van der Waals surface area contributed by atoms with Gasteiger partial charge in [-0.05, 0) is 13.5 Å². The Labute approximate surface area is 96.2 Å². The van der Waals surface area contributed by atoms with Gasteiger partial charge in [0.05, 0.1) is 6.42 Å². The van der Waals surface area contributed by atoms with Crippen molar-refractivity contribution in [2.75, 3.05) is 20.1 Å². The van der Waals surface area contributed by atoms with Crippen LogP contribution >= 0.6 is 0 Å². The number of likely N-dealkylation sites (N-methyl/N-ethyl adjacent to an activating group) is 1. The third kappa shape index (κ3) is 7.93. The monoisotopic (exact) mass is 240 g/mol. The molecule has 0 bridgehead atoms. The van der Waals surface area contributed by atoms with Crippen molar-refractivity contribution >= 4 is 0 Å². The first kappa shape index (κ1) is 15.7. The molecule has 0 spiro atoms. The quantitative estimate of drug-likeness (QED) is 0.736. The van der Waals surface area contributed by atoms with Crippen molar-refractivity contribution in [1.29, 1.82) is 0 Å². The number of nitrogens with zero attached hydrogens (tertiary/aromatic N) is 1. The summed E-state index contributed by atoms with van der Waals surface area (Å²) in [5, 5.41) is 3.25. The maximum Gasteiger partial charge on any atom is 0.390 e. The van der Waals surface area contributed by atoms with E-state index < -0.39 is 12.6 Å². The Hall–Kier alpha value is -0.290. The summed E-state index contributed by atoms with van der Waals surface area (Å²) in [7, 11) is 1.75. The summed E-state index contributed by atoms with van der Waals surface area (Å²) in [6, 6.07) is 0.537. The highest BCUT2D eigenvalue weighted by atomic mass is 19.4. The summed E-state index contributed by atoms with van der Waals surface area (Å²) in [5.74, 6) is 0. The summed E-state index contributed by atoms with van der Waals surface area (Å²) in [4.78, 5) is 1.78. The normalized spacial score (nSPS) is 14.8. The summed E-state index contributed by atoms with van der Waals surface area (Å²) in [6.45, 7) is 6.87. The lowest BCUT2D eigenvalue weighted by Crippen LogP contribution is -2.42. The number of rotatable bonds is 7. The van der Waals surface area contributed by atoms with Gasteiger partial charge in [0.2, 0.25) is 0 Å². The topological polar surface area (TPSA) is 15.3 Å². The number of hydrogen-bond acceptors (Lipinski definition) is 2. The summed E-state index contributed by atoms with van der Waals surface area (Å²) in [5.41, 5.74) is 0. The zero-order valence-corrected chi connectivity index (χ0v) is 10.6. The summed E-state index contributed by atoms with van der Waals surface area (Å²) in [6.07, 6.45) is -3.94. The molecule has 0 aromatic rings. The van der Waals surface area contributed by atoms with Gasteiger partial charge >= 0.3 is 6.18 Å². The lowest BCUT2D eigenvalue weighted by atomic mass is 10.2. The van der Waals surface area contributed by atoms with E-state index in [-0.39, 0.29) is 12.6 Å². The van der Waals surface area contributed by atoms with E-state index in [4.69, 9.17) is 0 Å². The standard InChI is InChI=1S/C11H23F3N2/c1-5-10(8-15-9(2)3)16(4)7-6-11(12,13)14/h9-10,15H,5-8H2,1-4H3. The van der Waals surface area contributed by atoms with Crippen LogP contribution in [0.25, 0.3) is 0 Å². The van der Waals surface area contributed by atoms with Gasteiger partial charge < -0.3 is 10.2 Å². The molecule has 0 aliphatic rings. The highest BCUT2D eigenvalue weighted by Crippen LogP contribution is 2.20. The molecule has 0 radical (unpaired) electrons. The van der Waals surface area contributed by atoms with E-state index in [2.05, 4.69) is 5.32 Å². The Morgan fingerprint density at radius 3 is 2.19 bits per heavy atom. The average Bonchev–Trinajstić information content (AvgIpc) is 2.14. The summed E-state index contributed by atoms with van der Waals surface area (Å²) >= 11 is 0. The third-order valence-electron chi connectivity index (χ3n) is 2.60. The number of alkyl halides is 3. The molecule has 0 aromatic carbocycles. The van der Waals surface area contributed by atoms with Crippen molar-refractivity contribution in [2.24, 2.45) is 0 Å². The molecule has 0 saturated carbocycles. The largest absolute Gasteiger partial charge is 0.390 e. The molecule has 1 unspecified atom stereocenters. The molecule has 5 heteroatoms. The Morgan fingerprint density at radius 2 is 1.81 bits per heavy atom. The second-order valence-corrected chi connectivity index (χ2v) is 4.47. The van der Waals surface area contributed by atoms with Crippen LogP contribution in [0.15, 0.2) is 0 Å². The van der Waals surface area contributed by atoms with Gasteiger partial charge in [0.1, 0.15) is 0 Å². The first-order chi connectivity index (χ1) is 7.26. The van der Waals surface area contributed by atoms with E-state index in [1.807, 2.05) is 20.8 Å². The Balaban J connectivity index is 3.95. The average molecular weight is 240 g/mol. The highest BCUT2D eigenvalue weighted by molar-refractivity contribution is 4.72. The molecule has 16 heavy (non-hydrogen) atoms. The van der Waals surface area contributed by atoms with Gasteiger partial charge in [-0.2, -0.15) is 13.2 Å². The molecular formula is C11H23F3N2. The summed E-state index contributed by atoms with van der Waals surface area (Å²) < 4.78 is 36.2. The highest BCUT2D eigenvalue weighted by Gasteiger charge is 2.28. The van der Waals surface area contributed by atoms with Crippen molar-refractivity contribution in [1.82, 2.24) is 10.2 Å². The zero-order chi connectivity index (χ0) is 12.8. The molecule has 0 heterocycles. The minimum atomic E-state index is -4.06. The van der Waals surface area contributed by atoms with Crippen molar-refractivity contribution in [2.45, 2.75) is 51.9 Å². The van der Waals surface area contributed by atoms with Crippen LogP contribution in [0.5, 0.6) is 0 Å². The fourth-order valence-corrected chi connectivity index (χ4v) is 1.47. The lowest BCUT2D eigenvalue weighted by Gasteiger charge is -2.28. The van der Waals surface area contributed by atoms with Crippen molar-refractivity contribution in [3.63, 3.8) is 0 Å². The second kappa shape index (κ2) is 7.12. The Kier molecular flexibility index (Phi) is 6.99. The first-order valence-corrected chi connectivity index (χ1v) is 5.76. The molecule has 98 valence electrons. The number of hydrogen-bond donors (Lipinski definition) is 1. The van der Waals surface area contributed by atoms with Crippen LogP contribution < -0.4 is 5.32 Å². The molecule has 1 N–H and O–H groups in total. The predicted molar refractivity (Wildman–Crippen MR) is 60.5 cm³/mol. The van der Waals surface area contributed by atoms with Crippen molar-refractivity contribution in [3.8, 4) is 0 Å². The van der Waals surface area contributed by atoms with Gasteiger partial charge in [-0.15, -0.1) is 0 Å². The zero-order valence-electron chi connectivity index (χ0n) is 10.6. The fraction of sp³-hybridized carbons (Fsp3) is 1.00. The Bertz CT molecular complexity index is 181. The van der Waals surface area contributed by atoms with Gasteiger partial charge in [0.15, 0.2) is 0 Å². The van der Waals surface area contributed by atoms with Crippen LogP contribution in [0.4, 0.5) is 13.2 Å². The third-order valence-corrected chi connectivity index (χ3v) is 2.60. The van der Waals surface area contributed by atoms with Crippen molar-refractivity contribution in [3.05, 3.63) is 0 Å². The van der Waals surface area contributed by atoms with Crippen LogP contribution in [-0.4, -0.2) is 43.3 Å². The molecular weight excluding hydrogens is 217 g/mol. The molecule has 0 rings (SSSR count). The van der Waals surface area contributed by atoms with Crippen LogP contribution in [0, 0.1) is 0 Å². The SMILES string of the molecule is CCC(CNC(C)C)N(C)CCC(F)(F)F. The lowest BCUT2D eigenvalue weighted by molar-refractivity contribution is -0.138. The predicted octanol–water partition coefficient (Wildman–Crippen LogP) is 2.65. The van der Waals surface area contributed by atoms with E-state index in [1.165, 1.54) is 0 Å². The molecule has 0 fully saturated rings. The van der Waals surface area contributed by atoms with Gasteiger partial charge in [0, 0.05) is 25.2 Å². The maximum absolute atomic E-state index is 12.1.